The molecule has 9 nitrogen and oxygen atoms in total. The number of ether oxygens (including phenoxy) is 3. The molecule has 0 bridgehead atoms. The molecule has 1 aliphatic heterocycles. The quantitative estimate of drug-likeness (QED) is 0.428. The predicted molar refractivity (Wildman–Crippen MR) is 130 cm³/mol. The number of carbonyl (C=O) groups is 3. The first-order chi connectivity index (χ1) is 16.3. The van der Waals surface area contributed by atoms with Crippen LogP contribution < -0.4 is 14.8 Å². The number of nitrogens with one attached hydrogen (secondary N) is 1. The Balaban J connectivity index is 1.71. The van der Waals surface area contributed by atoms with Crippen molar-refractivity contribution >= 4 is 40.8 Å². The van der Waals surface area contributed by atoms with E-state index in [0.29, 0.717) is 34.4 Å². The zero-order valence-corrected chi connectivity index (χ0v) is 20.3. The lowest BCUT2D eigenvalue weighted by molar-refractivity contribution is -0.130. The summed E-state index contributed by atoms with van der Waals surface area (Å²) in [4.78, 5) is 40.5. The number of carbonyl (C=O) groups excluding carboxylic acids is 3. The maximum absolute atomic E-state index is 12.8. The van der Waals surface area contributed by atoms with Crippen molar-refractivity contribution in [3.05, 3.63) is 53.6 Å². The van der Waals surface area contributed by atoms with Crippen LogP contribution in [0.2, 0.25) is 0 Å². The second kappa shape index (κ2) is 11.0. The first-order valence-corrected chi connectivity index (χ1v) is 11.1. The summed E-state index contributed by atoms with van der Waals surface area (Å²) in [6.45, 7) is 2.33. The van der Waals surface area contributed by atoms with Crippen molar-refractivity contribution in [1.29, 1.82) is 0 Å². The number of anilines is 1. The average molecular weight is 486 g/mol. The molecule has 0 radical (unpaired) electrons. The largest absolute Gasteiger partial charge is 0.493 e. The van der Waals surface area contributed by atoms with E-state index in [2.05, 4.69) is 5.32 Å². The van der Waals surface area contributed by atoms with Gasteiger partial charge in [-0.05, 0) is 61.1 Å². The Bertz CT molecular complexity index is 1090. The highest BCUT2D eigenvalue weighted by Gasteiger charge is 2.41. The molecule has 10 heteroatoms. The van der Waals surface area contributed by atoms with E-state index >= 15 is 0 Å². The fourth-order valence-electron chi connectivity index (χ4n) is 3.62. The molecule has 0 aromatic heterocycles. The molecule has 1 saturated heterocycles. The molecule has 180 valence electrons. The molecular weight excluding hydrogens is 458 g/mol. The Hall–Kier alpha value is -3.66. The van der Waals surface area contributed by atoms with E-state index in [-0.39, 0.29) is 24.8 Å². The molecule has 1 aliphatic rings. The molecule has 2 aromatic rings. The number of thiocarbonyl (C=S) groups is 1. The molecule has 1 unspecified atom stereocenters. The van der Waals surface area contributed by atoms with Gasteiger partial charge in [0.15, 0.2) is 16.6 Å². The van der Waals surface area contributed by atoms with Gasteiger partial charge in [-0.1, -0.05) is 6.07 Å². The lowest BCUT2D eigenvalue weighted by Gasteiger charge is -2.24. The molecule has 0 aliphatic carbocycles. The van der Waals surface area contributed by atoms with Crippen LogP contribution in [0, 0.1) is 0 Å². The molecule has 1 fully saturated rings. The van der Waals surface area contributed by atoms with Gasteiger partial charge in [-0.2, -0.15) is 0 Å². The van der Waals surface area contributed by atoms with Gasteiger partial charge in [-0.25, -0.2) is 4.79 Å². The normalized spacial score (nSPS) is 15.4. The molecule has 1 atom stereocenters. The zero-order valence-electron chi connectivity index (χ0n) is 19.5. The highest BCUT2D eigenvalue weighted by atomic mass is 32.1. The van der Waals surface area contributed by atoms with E-state index < -0.39 is 12.0 Å². The highest BCUT2D eigenvalue weighted by molar-refractivity contribution is 7.80. The van der Waals surface area contributed by atoms with Crippen LogP contribution in [0.25, 0.3) is 0 Å². The van der Waals surface area contributed by atoms with E-state index in [4.69, 9.17) is 26.4 Å². The minimum atomic E-state index is -0.746. The zero-order chi connectivity index (χ0) is 24.8. The lowest BCUT2D eigenvalue weighted by atomic mass is 10.1. The van der Waals surface area contributed by atoms with E-state index in [9.17, 15) is 14.4 Å². The summed E-state index contributed by atoms with van der Waals surface area (Å²) in [6.07, 6.45) is -0.0871. The second-order valence-electron chi connectivity index (χ2n) is 7.56. The van der Waals surface area contributed by atoms with E-state index in [1.54, 1.807) is 63.4 Å². The Morgan fingerprint density at radius 1 is 1.06 bits per heavy atom. The van der Waals surface area contributed by atoms with Crippen molar-refractivity contribution in [2.45, 2.75) is 25.9 Å². The van der Waals surface area contributed by atoms with Crippen LogP contribution in [-0.4, -0.2) is 66.6 Å². The van der Waals surface area contributed by atoms with Gasteiger partial charge >= 0.3 is 5.97 Å². The van der Waals surface area contributed by atoms with Gasteiger partial charge in [0.2, 0.25) is 5.91 Å². The molecule has 34 heavy (non-hydrogen) atoms. The van der Waals surface area contributed by atoms with Gasteiger partial charge in [0.25, 0.3) is 5.91 Å². The third-order valence-corrected chi connectivity index (χ3v) is 5.89. The van der Waals surface area contributed by atoms with Crippen molar-refractivity contribution in [2.24, 2.45) is 0 Å². The monoisotopic (exact) mass is 485 g/mol. The van der Waals surface area contributed by atoms with Crippen LogP contribution >= 0.6 is 12.2 Å². The number of amides is 2. The van der Waals surface area contributed by atoms with E-state index in [1.165, 1.54) is 4.90 Å². The number of benzene rings is 2. The average Bonchev–Trinajstić information content (AvgIpc) is 3.03. The summed E-state index contributed by atoms with van der Waals surface area (Å²) in [5.74, 6) is 0.119. The van der Waals surface area contributed by atoms with Gasteiger partial charge in [-0.15, -0.1) is 0 Å². The Morgan fingerprint density at radius 2 is 1.74 bits per heavy atom. The predicted octanol–water partition coefficient (Wildman–Crippen LogP) is 2.84. The molecule has 1 heterocycles. The number of likely N-dealkylation sites (N-methyl/N-ethyl adjacent to an activating group) is 1. The van der Waals surface area contributed by atoms with Crippen molar-refractivity contribution in [3.8, 4) is 11.5 Å². The molecule has 2 amide bonds. The first kappa shape index (κ1) is 25.0. The standard InChI is InChI=1S/C24H27N3O6S/c1-5-33-23(30)16-7-9-17(10-8-16)25-21(28)13-18-22(29)26(2)24(34)27(18)14-15-6-11-19(31-3)20(12-15)32-4/h6-12,18H,5,13-14H2,1-4H3,(H,25,28). The number of methoxy groups -OCH3 is 2. The van der Waals surface area contributed by atoms with Gasteiger partial charge in [0.1, 0.15) is 6.04 Å². The number of rotatable bonds is 9. The van der Waals surface area contributed by atoms with Gasteiger partial charge in [0, 0.05) is 19.3 Å². The van der Waals surface area contributed by atoms with Crippen molar-refractivity contribution in [1.82, 2.24) is 9.80 Å². The van der Waals surface area contributed by atoms with Crippen LogP contribution in [0.3, 0.4) is 0 Å². The molecule has 3 rings (SSSR count). The highest BCUT2D eigenvalue weighted by Crippen LogP contribution is 2.30. The molecule has 2 aromatic carbocycles. The molecule has 0 spiro atoms. The number of hydrogen-bond donors (Lipinski definition) is 1. The van der Waals surface area contributed by atoms with Gasteiger partial charge < -0.3 is 24.4 Å². The summed E-state index contributed by atoms with van der Waals surface area (Å²) in [7, 11) is 4.70. The van der Waals surface area contributed by atoms with Crippen molar-refractivity contribution < 1.29 is 28.6 Å². The fourth-order valence-corrected chi connectivity index (χ4v) is 3.90. The van der Waals surface area contributed by atoms with Crippen LogP contribution in [0.5, 0.6) is 11.5 Å². The summed E-state index contributed by atoms with van der Waals surface area (Å²) < 4.78 is 15.6. The molecule has 1 N–H and O–H groups in total. The smallest absolute Gasteiger partial charge is 0.338 e. The fraction of sp³-hybridized carbons (Fsp3) is 0.333. The van der Waals surface area contributed by atoms with Crippen molar-refractivity contribution in [3.63, 3.8) is 0 Å². The van der Waals surface area contributed by atoms with Gasteiger partial charge in [0.05, 0.1) is 32.8 Å². The summed E-state index contributed by atoms with van der Waals surface area (Å²) in [6, 6.07) is 11.1. The van der Waals surface area contributed by atoms with Gasteiger partial charge in [-0.3, -0.25) is 14.5 Å². The second-order valence-corrected chi connectivity index (χ2v) is 7.93. The summed E-state index contributed by atoms with van der Waals surface area (Å²) in [5, 5.41) is 3.11. The summed E-state index contributed by atoms with van der Waals surface area (Å²) >= 11 is 5.47. The number of esters is 1. The van der Waals surface area contributed by atoms with Crippen LogP contribution in [-0.2, 0) is 20.9 Å². The minimum absolute atomic E-state index is 0.0871. The SMILES string of the molecule is CCOC(=O)c1ccc(NC(=O)CC2C(=O)N(C)C(=S)N2Cc2ccc(OC)c(OC)c2)cc1. The number of nitrogens with zero attached hydrogens (tertiary/aromatic N) is 2. The summed E-state index contributed by atoms with van der Waals surface area (Å²) in [5.41, 5.74) is 1.74. The van der Waals surface area contributed by atoms with Crippen molar-refractivity contribution in [2.75, 3.05) is 33.2 Å². The molecule has 0 saturated carbocycles. The van der Waals surface area contributed by atoms with E-state index in [0.717, 1.165) is 5.56 Å². The Kier molecular flexibility index (Phi) is 8.06. The van der Waals surface area contributed by atoms with E-state index in [1.807, 2.05) is 12.1 Å². The Labute approximate surface area is 203 Å². The van der Waals surface area contributed by atoms with Crippen LogP contribution in [0.15, 0.2) is 42.5 Å². The van der Waals surface area contributed by atoms with Crippen LogP contribution in [0.4, 0.5) is 5.69 Å². The number of hydrogen-bond acceptors (Lipinski definition) is 7. The first-order valence-electron chi connectivity index (χ1n) is 10.6. The maximum Gasteiger partial charge on any atom is 0.338 e. The topological polar surface area (TPSA) is 97.4 Å². The minimum Gasteiger partial charge on any atom is -0.493 e. The van der Waals surface area contributed by atoms with Crippen LogP contribution in [0.1, 0.15) is 29.3 Å². The third-order valence-electron chi connectivity index (χ3n) is 5.38. The third kappa shape index (κ3) is 5.45. The maximum atomic E-state index is 12.8. The lowest BCUT2D eigenvalue weighted by Crippen LogP contribution is -2.37. The Morgan fingerprint density at radius 3 is 2.35 bits per heavy atom. The molecular formula is C24H27N3O6S.